The van der Waals surface area contributed by atoms with Gasteiger partial charge in [0.1, 0.15) is 6.54 Å². The van der Waals surface area contributed by atoms with Gasteiger partial charge in [0.15, 0.2) is 0 Å². The first-order valence-corrected chi connectivity index (χ1v) is 6.51. The predicted octanol–water partition coefficient (Wildman–Crippen LogP) is 1.08. The first kappa shape index (κ1) is 15.8. The van der Waals surface area contributed by atoms with Crippen molar-refractivity contribution < 1.29 is 24.0 Å². The average molecular weight is 303 g/mol. The predicted molar refractivity (Wildman–Crippen MR) is 68.2 cm³/mol. The van der Waals surface area contributed by atoms with Crippen LogP contribution in [0.1, 0.15) is 13.8 Å². The number of aromatic nitrogens is 1. The third kappa shape index (κ3) is 4.46. The highest BCUT2D eigenvalue weighted by Crippen LogP contribution is 2.14. The molecular formula is C10H13N3O6S. The number of esters is 1. The minimum absolute atomic E-state index is 0.00297. The lowest BCUT2D eigenvalue weighted by atomic mass is 10.6. The monoisotopic (exact) mass is 303 g/mol. The Morgan fingerprint density at radius 2 is 2.05 bits per heavy atom. The maximum atomic E-state index is 11.4. The van der Waals surface area contributed by atoms with Gasteiger partial charge in [-0.25, -0.2) is 4.79 Å². The molecule has 0 saturated heterocycles. The second-order valence-corrected chi connectivity index (χ2v) is 4.34. The minimum atomic E-state index is -0.873. The highest BCUT2D eigenvalue weighted by atomic mass is 32.1. The maximum Gasteiger partial charge on any atom is 0.436 e. The molecule has 9 nitrogen and oxygen atoms in total. The molecule has 0 aliphatic carbocycles. The van der Waals surface area contributed by atoms with Gasteiger partial charge in [-0.3, -0.25) is 14.9 Å². The average Bonchev–Trinajstić information content (AvgIpc) is 2.73. The Bertz CT molecular complexity index is 576. The Morgan fingerprint density at radius 3 is 2.60 bits per heavy atom. The van der Waals surface area contributed by atoms with E-state index < -0.39 is 17.0 Å². The smallest absolute Gasteiger partial charge is 0.436 e. The highest BCUT2D eigenvalue weighted by Gasteiger charge is 2.16. The van der Waals surface area contributed by atoms with Crippen molar-refractivity contribution >= 4 is 28.4 Å². The van der Waals surface area contributed by atoms with Crippen molar-refractivity contribution in [3.05, 3.63) is 21.1 Å². The second kappa shape index (κ2) is 7.38. The number of nitro groups is 1. The zero-order valence-electron chi connectivity index (χ0n) is 10.9. The fourth-order valence-corrected chi connectivity index (χ4v) is 2.03. The third-order valence-electron chi connectivity index (χ3n) is 1.95. The van der Waals surface area contributed by atoms with Gasteiger partial charge in [-0.15, -0.1) is 4.99 Å². The molecule has 20 heavy (non-hydrogen) atoms. The largest absolute Gasteiger partial charge is 0.465 e. The number of carbonyl (C=O) groups excluding carboxylic acids is 2. The van der Waals surface area contributed by atoms with Crippen molar-refractivity contribution in [2.75, 3.05) is 13.2 Å². The van der Waals surface area contributed by atoms with E-state index >= 15 is 0 Å². The number of hydrogen-bond acceptors (Lipinski definition) is 7. The van der Waals surface area contributed by atoms with Gasteiger partial charge in [0.05, 0.1) is 24.3 Å². The lowest BCUT2D eigenvalue weighted by Gasteiger charge is -2.02. The first-order chi connectivity index (χ1) is 9.47. The number of amides is 1. The topological polar surface area (TPSA) is 113 Å². The summed E-state index contributed by atoms with van der Waals surface area (Å²) in [6.45, 7) is 3.31. The van der Waals surface area contributed by atoms with E-state index in [1.54, 1.807) is 13.8 Å². The Morgan fingerprint density at radius 1 is 1.40 bits per heavy atom. The van der Waals surface area contributed by atoms with Crippen LogP contribution in [0.25, 0.3) is 0 Å². The molecule has 0 aliphatic heterocycles. The number of carbonyl (C=O) groups is 2. The van der Waals surface area contributed by atoms with E-state index in [4.69, 9.17) is 4.74 Å². The lowest BCUT2D eigenvalue weighted by Crippen LogP contribution is -2.22. The van der Waals surface area contributed by atoms with Crippen molar-refractivity contribution in [2.24, 2.45) is 4.99 Å². The van der Waals surface area contributed by atoms with E-state index in [2.05, 4.69) is 9.73 Å². The molecule has 0 aromatic carbocycles. The van der Waals surface area contributed by atoms with E-state index in [1.807, 2.05) is 0 Å². The summed E-state index contributed by atoms with van der Waals surface area (Å²) in [6.07, 6.45) is 0.251. The molecule has 1 aromatic rings. The van der Waals surface area contributed by atoms with Crippen LogP contribution in [0.15, 0.2) is 11.2 Å². The van der Waals surface area contributed by atoms with Crippen molar-refractivity contribution in [1.82, 2.24) is 4.57 Å². The summed E-state index contributed by atoms with van der Waals surface area (Å²) in [7, 11) is 0. The quantitative estimate of drug-likeness (QED) is 0.457. The van der Waals surface area contributed by atoms with E-state index in [0.29, 0.717) is 11.3 Å². The zero-order valence-corrected chi connectivity index (χ0v) is 11.7. The SMILES string of the molecule is CCOC(=O)Cn1cc([N+](=O)[O-])s/c1=N\C(=O)OCC. The molecule has 0 N–H and O–H groups in total. The molecule has 10 heteroatoms. The van der Waals surface area contributed by atoms with Crippen LogP contribution >= 0.6 is 11.3 Å². The normalized spacial score (nSPS) is 11.2. The number of nitrogens with zero attached hydrogens (tertiary/aromatic N) is 3. The standard InChI is InChI=1S/C10H13N3O6S/c1-3-18-8(14)6-12-5-7(13(16)17)20-9(12)11-10(15)19-4-2/h5H,3-4,6H2,1-2H3/b11-9-. The number of ether oxygens (including phenoxy) is 2. The van der Waals surface area contributed by atoms with Gasteiger partial charge < -0.3 is 14.0 Å². The van der Waals surface area contributed by atoms with Crippen molar-refractivity contribution in [3.63, 3.8) is 0 Å². The van der Waals surface area contributed by atoms with Gasteiger partial charge in [0, 0.05) is 0 Å². The first-order valence-electron chi connectivity index (χ1n) is 5.69. The molecular weight excluding hydrogens is 290 g/mol. The van der Waals surface area contributed by atoms with Crippen LogP contribution in [-0.2, 0) is 20.8 Å². The van der Waals surface area contributed by atoms with Crippen molar-refractivity contribution in [2.45, 2.75) is 20.4 Å². The minimum Gasteiger partial charge on any atom is -0.465 e. The Labute approximate surface area is 117 Å². The van der Waals surface area contributed by atoms with Crippen LogP contribution in [-0.4, -0.2) is 34.8 Å². The summed E-state index contributed by atoms with van der Waals surface area (Å²) in [5.74, 6) is -0.578. The number of thiazole rings is 1. The molecule has 1 aromatic heterocycles. The molecule has 1 rings (SSSR count). The zero-order chi connectivity index (χ0) is 15.1. The van der Waals surface area contributed by atoms with Gasteiger partial charge >= 0.3 is 17.1 Å². The van der Waals surface area contributed by atoms with Gasteiger partial charge in [0.2, 0.25) is 4.80 Å². The molecule has 0 aliphatic rings. The van der Waals surface area contributed by atoms with Crippen LogP contribution in [0.2, 0.25) is 0 Å². The van der Waals surface area contributed by atoms with Gasteiger partial charge in [-0.1, -0.05) is 0 Å². The molecule has 1 amide bonds. The van der Waals surface area contributed by atoms with Crippen molar-refractivity contribution in [1.29, 1.82) is 0 Å². The second-order valence-electron chi connectivity index (χ2n) is 3.35. The Hall–Kier alpha value is -2.23. The fraction of sp³-hybridized carbons (Fsp3) is 0.500. The highest BCUT2D eigenvalue weighted by molar-refractivity contribution is 7.12. The van der Waals surface area contributed by atoms with Crippen LogP contribution < -0.4 is 4.80 Å². The summed E-state index contributed by atoms with van der Waals surface area (Å²) >= 11 is 0.670. The third-order valence-corrected chi connectivity index (χ3v) is 2.92. The molecule has 0 saturated carbocycles. The van der Waals surface area contributed by atoms with E-state index in [-0.39, 0.29) is 29.6 Å². The molecule has 0 radical (unpaired) electrons. The maximum absolute atomic E-state index is 11.4. The number of hydrogen-bond donors (Lipinski definition) is 0. The number of rotatable bonds is 5. The summed E-state index contributed by atoms with van der Waals surface area (Å²) < 4.78 is 10.5. The molecule has 0 unspecified atom stereocenters. The molecule has 0 bridgehead atoms. The fourth-order valence-electron chi connectivity index (χ4n) is 1.23. The van der Waals surface area contributed by atoms with Gasteiger partial charge in [-0.05, 0) is 25.2 Å². The summed E-state index contributed by atoms with van der Waals surface area (Å²) in [4.78, 5) is 36.3. The lowest BCUT2D eigenvalue weighted by molar-refractivity contribution is -0.380. The van der Waals surface area contributed by atoms with Gasteiger partial charge in [-0.2, -0.15) is 0 Å². The Kier molecular flexibility index (Phi) is 5.84. The summed E-state index contributed by atoms with van der Waals surface area (Å²) in [5, 5.41) is 10.5. The van der Waals surface area contributed by atoms with E-state index in [9.17, 15) is 19.7 Å². The van der Waals surface area contributed by atoms with Crippen molar-refractivity contribution in [3.8, 4) is 0 Å². The van der Waals surface area contributed by atoms with Crippen LogP contribution in [0.4, 0.5) is 9.80 Å². The summed E-state index contributed by atoms with van der Waals surface area (Å²) in [6, 6.07) is 0. The molecule has 1 heterocycles. The molecule has 0 atom stereocenters. The van der Waals surface area contributed by atoms with E-state index in [1.165, 1.54) is 4.57 Å². The summed E-state index contributed by atoms with van der Waals surface area (Å²) in [5.41, 5.74) is 0. The van der Waals surface area contributed by atoms with Crippen LogP contribution in [0.3, 0.4) is 0 Å². The van der Waals surface area contributed by atoms with Gasteiger partial charge in [0.25, 0.3) is 0 Å². The Balaban J connectivity index is 3.10. The molecule has 0 spiro atoms. The molecule has 110 valence electrons. The van der Waals surface area contributed by atoms with E-state index in [0.717, 1.165) is 6.20 Å². The molecule has 0 fully saturated rings. The van der Waals surface area contributed by atoms with Crippen LogP contribution in [0.5, 0.6) is 0 Å². The van der Waals surface area contributed by atoms with Crippen LogP contribution in [0, 0.1) is 10.1 Å².